The first kappa shape index (κ1) is 13.0. The van der Waals surface area contributed by atoms with Crippen molar-refractivity contribution in [3.05, 3.63) is 58.6 Å². The second-order valence-electron chi connectivity index (χ2n) is 3.90. The predicted octanol–water partition coefficient (Wildman–Crippen LogP) is 4.46. The third-order valence-electron chi connectivity index (χ3n) is 2.58. The van der Waals surface area contributed by atoms with Gasteiger partial charge in [-0.3, -0.25) is 0 Å². The molecule has 0 bridgehead atoms. The Morgan fingerprint density at radius 3 is 2.61 bits per heavy atom. The number of benzene rings is 2. The second-order valence-corrected chi connectivity index (χ2v) is 4.82. The van der Waals surface area contributed by atoms with Crippen LogP contribution in [0.5, 0.6) is 5.75 Å². The van der Waals surface area contributed by atoms with Crippen molar-refractivity contribution in [2.75, 3.05) is 11.9 Å². The average molecular weight is 306 g/mol. The Bertz CT molecular complexity index is 499. The topological polar surface area (TPSA) is 21.3 Å². The normalized spacial score (nSPS) is 10.1. The Labute approximate surface area is 116 Å². The molecule has 0 fully saturated rings. The highest BCUT2D eigenvalue weighted by atomic mass is 79.9. The Morgan fingerprint density at radius 1 is 1.11 bits per heavy atom. The van der Waals surface area contributed by atoms with E-state index in [0.29, 0.717) is 6.61 Å². The van der Waals surface area contributed by atoms with Gasteiger partial charge in [-0.15, -0.1) is 0 Å². The molecule has 0 radical (unpaired) electrons. The summed E-state index contributed by atoms with van der Waals surface area (Å²) in [6.45, 7) is 3.43. The second kappa shape index (κ2) is 6.45. The number of halogens is 1. The Hall–Kier alpha value is -1.48. The molecule has 0 aliphatic rings. The summed E-state index contributed by atoms with van der Waals surface area (Å²) in [5.41, 5.74) is 2.26. The van der Waals surface area contributed by atoms with Gasteiger partial charge in [-0.1, -0.05) is 34.1 Å². The lowest BCUT2D eigenvalue weighted by Crippen LogP contribution is -2.03. The third kappa shape index (κ3) is 3.50. The van der Waals surface area contributed by atoms with Crippen LogP contribution in [-0.2, 0) is 6.54 Å². The van der Waals surface area contributed by atoms with Crippen molar-refractivity contribution < 1.29 is 4.74 Å². The van der Waals surface area contributed by atoms with Gasteiger partial charge in [-0.05, 0) is 37.3 Å². The van der Waals surface area contributed by atoms with Gasteiger partial charge in [0.1, 0.15) is 5.75 Å². The molecule has 18 heavy (non-hydrogen) atoms. The Balaban J connectivity index is 2.10. The van der Waals surface area contributed by atoms with Crippen LogP contribution in [-0.4, -0.2) is 6.61 Å². The largest absolute Gasteiger partial charge is 0.494 e. The Kier molecular flexibility index (Phi) is 4.65. The van der Waals surface area contributed by atoms with Gasteiger partial charge in [-0.2, -0.15) is 0 Å². The smallest absolute Gasteiger partial charge is 0.124 e. The number of hydrogen-bond acceptors (Lipinski definition) is 2. The molecule has 0 saturated heterocycles. The van der Waals surface area contributed by atoms with Gasteiger partial charge >= 0.3 is 0 Å². The first-order chi connectivity index (χ1) is 8.79. The molecule has 0 heterocycles. The zero-order chi connectivity index (χ0) is 12.8. The zero-order valence-corrected chi connectivity index (χ0v) is 11.9. The average Bonchev–Trinajstić information content (AvgIpc) is 2.40. The Morgan fingerprint density at radius 2 is 1.89 bits per heavy atom. The summed E-state index contributed by atoms with van der Waals surface area (Å²) in [4.78, 5) is 0. The highest BCUT2D eigenvalue weighted by molar-refractivity contribution is 9.10. The predicted molar refractivity (Wildman–Crippen MR) is 79.1 cm³/mol. The third-order valence-corrected chi connectivity index (χ3v) is 3.07. The molecule has 2 aromatic carbocycles. The number of anilines is 1. The van der Waals surface area contributed by atoms with Crippen molar-refractivity contribution in [2.24, 2.45) is 0 Å². The van der Waals surface area contributed by atoms with E-state index in [1.54, 1.807) is 0 Å². The molecule has 0 aliphatic heterocycles. The van der Waals surface area contributed by atoms with Gasteiger partial charge < -0.3 is 10.1 Å². The van der Waals surface area contributed by atoms with Crippen molar-refractivity contribution >= 4 is 21.6 Å². The van der Waals surface area contributed by atoms with Gasteiger partial charge in [0.25, 0.3) is 0 Å². The van der Waals surface area contributed by atoms with E-state index in [0.717, 1.165) is 28.0 Å². The minimum atomic E-state index is 0.681. The lowest BCUT2D eigenvalue weighted by atomic mass is 10.2. The van der Waals surface area contributed by atoms with E-state index in [2.05, 4.69) is 39.4 Å². The number of nitrogens with one attached hydrogen (secondary N) is 1. The first-order valence-electron chi connectivity index (χ1n) is 5.99. The molecule has 0 unspecified atom stereocenters. The van der Waals surface area contributed by atoms with Crippen LogP contribution in [0.25, 0.3) is 0 Å². The van der Waals surface area contributed by atoms with Crippen molar-refractivity contribution in [3.8, 4) is 5.75 Å². The zero-order valence-electron chi connectivity index (χ0n) is 10.3. The fourth-order valence-electron chi connectivity index (χ4n) is 1.74. The van der Waals surface area contributed by atoms with Crippen LogP contribution in [0.2, 0.25) is 0 Å². The van der Waals surface area contributed by atoms with Gasteiger partial charge in [0.15, 0.2) is 0 Å². The van der Waals surface area contributed by atoms with Gasteiger partial charge in [0.05, 0.1) is 6.61 Å². The maximum atomic E-state index is 5.62. The van der Waals surface area contributed by atoms with Gasteiger partial charge in [-0.25, -0.2) is 0 Å². The van der Waals surface area contributed by atoms with Gasteiger partial charge in [0, 0.05) is 22.3 Å². The van der Waals surface area contributed by atoms with E-state index < -0.39 is 0 Å². The highest BCUT2D eigenvalue weighted by Gasteiger charge is 2.04. The summed E-state index contributed by atoms with van der Waals surface area (Å²) in [6.07, 6.45) is 0. The molecule has 0 aromatic heterocycles. The van der Waals surface area contributed by atoms with Crippen LogP contribution in [0.3, 0.4) is 0 Å². The van der Waals surface area contributed by atoms with Crippen LogP contribution < -0.4 is 10.1 Å². The minimum absolute atomic E-state index is 0.681. The van der Waals surface area contributed by atoms with Crippen molar-refractivity contribution in [1.29, 1.82) is 0 Å². The van der Waals surface area contributed by atoms with Crippen molar-refractivity contribution in [3.63, 3.8) is 0 Å². The van der Waals surface area contributed by atoms with Gasteiger partial charge in [0.2, 0.25) is 0 Å². The van der Waals surface area contributed by atoms with E-state index in [1.807, 2.05) is 37.3 Å². The maximum absolute atomic E-state index is 5.62. The van der Waals surface area contributed by atoms with Crippen molar-refractivity contribution in [2.45, 2.75) is 13.5 Å². The van der Waals surface area contributed by atoms with Crippen LogP contribution in [0.1, 0.15) is 12.5 Å². The standard InChI is InChI=1S/C15H16BrNO/c1-2-18-15-9-8-13(16)10-12(15)11-17-14-6-4-3-5-7-14/h3-10,17H,2,11H2,1H3. The summed E-state index contributed by atoms with van der Waals surface area (Å²) in [6, 6.07) is 16.2. The molecule has 0 saturated carbocycles. The fourth-order valence-corrected chi connectivity index (χ4v) is 2.14. The lowest BCUT2D eigenvalue weighted by molar-refractivity contribution is 0.337. The van der Waals surface area contributed by atoms with Crippen LogP contribution in [0.4, 0.5) is 5.69 Å². The first-order valence-corrected chi connectivity index (χ1v) is 6.79. The monoisotopic (exact) mass is 305 g/mol. The van der Waals surface area contributed by atoms with E-state index >= 15 is 0 Å². The van der Waals surface area contributed by atoms with E-state index in [4.69, 9.17) is 4.74 Å². The molecule has 0 amide bonds. The van der Waals surface area contributed by atoms with E-state index in [1.165, 1.54) is 0 Å². The SMILES string of the molecule is CCOc1ccc(Br)cc1CNc1ccccc1. The van der Waals surface area contributed by atoms with Crippen LogP contribution in [0, 0.1) is 0 Å². The number of rotatable bonds is 5. The molecule has 94 valence electrons. The number of para-hydroxylation sites is 1. The highest BCUT2D eigenvalue weighted by Crippen LogP contribution is 2.24. The summed E-state index contributed by atoms with van der Waals surface area (Å²) < 4.78 is 6.69. The van der Waals surface area contributed by atoms with Crippen molar-refractivity contribution in [1.82, 2.24) is 0 Å². The summed E-state index contributed by atoms with van der Waals surface area (Å²) in [5, 5.41) is 3.39. The molecule has 0 aliphatic carbocycles. The summed E-state index contributed by atoms with van der Waals surface area (Å²) >= 11 is 3.49. The molecule has 0 spiro atoms. The fraction of sp³-hybridized carbons (Fsp3) is 0.200. The molecule has 2 nitrogen and oxygen atoms in total. The van der Waals surface area contributed by atoms with Crippen LogP contribution >= 0.6 is 15.9 Å². The molecule has 2 rings (SSSR count). The maximum Gasteiger partial charge on any atom is 0.124 e. The number of ether oxygens (including phenoxy) is 1. The number of hydrogen-bond donors (Lipinski definition) is 1. The molecular formula is C15H16BrNO. The lowest BCUT2D eigenvalue weighted by Gasteiger charge is -2.12. The summed E-state index contributed by atoms with van der Waals surface area (Å²) in [7, 11) is 0. The quantitative estimate of drug-likeness (QED) is 0.880. The molecule has 2 aromatic rings. The molecule has 0 atom stereocenters. The van der Waals surface area contributed by atoms with E-state index in [-0.39, 0.29) is 0 Å². The molecule has 1 N–H and O–H groups in total. The molecular weight excluding hydrogens is 290 g/mol. The summed E-state index contributed by atoms with van der Waals surface area (Å²) in [5.74, 6) is 0.934. The minimum Gasteiger partial charge on any atom is -0.494 e. The molecule has 3 heteroatoms. The van der Waals surface area contributed by atoms with Crippen LogP contribution in [0.15, 0.2) is 53.0 Å². The van der Waals surface area contributed by atoms with E-state index in [9.17, 15) is 0 Å².